The van der Waals surface area contributed by atoms with Crippen LogP contribution in [0.25, 0.3) is 22.4 Å². The lowest BCUT2D eigenvalue weighted by atomic mass is 9.94. The van der Waals surface area contributed by atoms with Crippen LogP contribution in [-0.2, 0) is 26.9 Å². The van der Waals surface area contributed by atoms with Crippen molar-refractivity contribution in [3.05, 3.63) is 138 Å². The van der Waals surface area contributed by atoms with Crippen LogP contribution in [0.15, 0.2) is 136 Å². The van der Waals surface area contributed by atoms with Gasteiger partial charge in [-0.05, 0) is 130 Å². The van der Waals surface area contributed by atoms with Gasteiger partial charge in [0, 0.05) is 116 Å². The normalized spacial score (nSPS) is 16.9. The molecule has 0 unspecified atom stereocenters. The maximum Gasteiger partial charge on any atom is 0.501 e. The quantitative estimate of drug-likeness (QED) is 0.0750. The third-order valence-electron chi connectivity index (χ3n) is 14.6. The third-order valence-corrected chi connectivity index (χ3v) is 18.9. The summed E-state index contributed by atoms with van der Waals surface area (Å²) in [5, 5.41) is 14.1. The summed E-state index contributed by atoms with van der Waals surface area (Å²) < 4.78 is 102. The number of amides is 1. The molecule has 9 rings (SSSR count). The molecule has 6 aromatic rings. The monoisotopic (exact) mass is 1100 g/mol. The Balaban J connectivity index is 0.890. The lowest BCUT2D eigenvalue weighted by molar-refractivity contribution is -0.0436. The first-order valence-corrected chi connectivity index (χ1v) is 29.3. The summed E-state index contributed by atoms with van der Waals surface area (Å²) in [5.41, 5.74) is 0.371. The number of piperidine rings is 1. The molecule has 0 spiro atoms. The lowest BCUT2D eigenvalue weighted by Gasteiger charge is -2.37. The van der Waals surface area contributed by atoms with Gasteiger partial charge in [-0.2, -0.15) is 13.2 Å². The first-order chi connectivity index (χ1) is 35.7. The van der Waals surface area contributed by atoms with E-state index in [0.717, 1.165) is 76.0 Å². The average Bonchev–Trinajstić information content (AvgIpc) is 3.65. The zero-order valence-electron chi connectivity index (χ0n) is 42.0. The van der Waals surface area contributed by atoms with Crippen molar-refractivity contribution in [2.75, 3.05) is 84.5 Å². The zero-order valence-corrected chi connectivity index (χ0v) is 45.2. The number of aliphatic hydroxyl groups is 1. The van der Waals surface area contributed by atoms with Crippen LogP contribution in [0, 0.1) is 6.92 Å². The van der Waals surface area contributed by atoms with E-state index in [1.54, 1.807) is 31.2 Å². The second kappa shape index (κ2) is 22.1. The van der Waals surface area contributed by atoms with Crippen LogP contribution >= 0.6 is 23.4 Å². The summed E-state index contributed by atoms with van der Waals surface area (Å²) >= 11 is 7.75. The molecule has 75 heavy (non-hydrogen) atoms. The Morgan fingerprint density at radius 2 is 1.44 bits per heavy atom. The van der Waals surface area contributed by atoms with Gasteiger partial charge >= 0.3 is 5.51 Å². The summed E-state index contributed by atoms with van der Waals surface area (Å²) in [7, 11) is -8.63. The predicted molar refractivity (Wildman–Crippen MR) is 293 cm³/mol. The molecule has 4 heterocycles. The summed E-state index contributed by atoms with van der Waals surface area (Å²) in [6, 6.07) is 34.2. The van der Waals surface area contributed by atoms with E-state index in [4.69, 9.17) is 11.6 Å². The van der Waals surface area contributed by atoms with Crippen LogP contribution in [0.2, 0.25) is 5.02 Å². The van der Waals surface area contributed by atoms with Gasteiger partial charge in [0.05, 0.1) is 27.4 Å². The molecular formula is C55H61ClF3N7O6S3. The Morgan fingerprint density at radius 1 is 0.787 bits per heavy atom. The van der Waals surface area contributed by atoms with Crippen LogP contribution in [0.4, 0.5) is 35.9 Å². The van der Waals surface area contributed by atoms with Crippen LogP contribution in [0.3, 0.4) is 0 Å². The highest BCUT2D eigenvalue weighted by Gasteiger charge is 2.48. The smallest absolute Gasteiger partial charge is 0.390 e. The van der Waals surface area contributed by atoms with Gasteiger partial charge in [-0.25, -0.2) is 16.8 Å². The van der Waals surface area contributed by atoms with Gasteiger partial charge in [-0.15, -0.1) is 11.8 Å². The van der Waals surface area contributed by atoms with E-state index in [0.29, 0.717) is 87.5 Å². The zero-order chi connectivity index (χ0) is 53.3. The first-order valence-electron chi connectivity index (χ1n) is 25.0. The third kappa shape index (κ3) is 12.1. The second-order valence-corrected chi connectivity index (χ2v) is 24.9. The highest BCUT2D eigenvalue weighted by molar-refractivity contribution is 7.99. The largest absolute Gasteiger partial charge is 0.501 e. The van der Waals surface area contributed by atoms with E-state index in [-0.39, 0.29) is 17.3 Å². The molecule has 3 saturated heterocycles. The molecule has 0 saturated carbocycles. The Hall–Kier alpha value is -5.70. The number of anilines is 4. The molecule has 1 atom stereocenters. The van der Waals surface area contributed by atoms with Crippen LogP contribution < -0.4 is 19.8 Å². The molecular weight excluding hydrogens is 1040 g/mol. The number of hydrogen-bond acceptors (Lipinski definition) is 11. The number of nitrogens with zero attached hydrogens (tertiary/aromatic N) is 5. The summed E-state index contributed by atoms with van der Waals surface area (Å²) in [5.74, 6) is 0.388. The second-order valence-electron chi connectivity index (χ2n) is 19.8. The van der Waals surface area contributed by atoms with Crippen molar-refractivity contribution in [3.8, 4) is 22.4 Å². The molecule has 0 aliphatic carbocycles. The van der Waals surface area contributed by atoms with Gasteiger partial charge in [0.25, 0.3) is 25.8 Å². The predicted octanol–water partition coefficient (Wildman–Crippen LogP) is 10.4. The van der Waals surface area contributed by atoms with Gasteiger partial charge in [0.15, 0.2) is 0 Å². The van der Waals surface area contributed by atoms with Crippen molar-refractivity contribution in [3.63, 3.8) is 0 Å². The van der Waals surface area contributed by atoms with E-state index >= 15 is 0 Å². The number of aromatic nitrogens is 1. The maximum atomic E-state index is 14.3. The minimum absolute atomic E-state index is 0.0193. The number of piperazine rings is 1. The molecule has 20 heteroatoms. The Bertz CT molecular complexity index is 3230. The minimum atomic E-state index is -6.03. The van der Waals surface area contributed by atoms with Crippen molar-refractivity contribution < 1.29 is 39.9 Å². The van der Waals surface area contributed by atoms with Gasteiger partial charge < -0.3 is 34.6 Å². The van der Waals surface area contributed by atoms with Crippen molar-refractivity contribution >= 4 is 71.9 Å². The van der Waals surface area contributed by atoms with Crippen LogP contribution in [-0.4, -0.2) is 124 Å². The number of carbonyl (C=O) groups excluding carboxylic acids is 1. The number of halogens is 4. The van der Waals surface area contributed by atoms with Gasteiger partial charge in [0.2, 0.25) is 0 Å². The number of sulfonamides is 1. The Labute approximate surface area is 446 Å². The highest BCUT2D eigenvalue weighted by atomic mass is 35.5. The number of carbonyl (C=O) groups is 1. The molecule has 398 valence electrons. The van der Waals surface area contributed by atoms with E-state index in [1.165, 1.54) is 11.8 Å². The standard InChI is InChI=1S/C55H61ClF3N7O6S3/c1-38-50(53(67)66-26-8-27-66)51(52(62(38)3)39-13-15-41(56)16-14-39)40-9-7-10-45(35-40)65-33-31-64(32-34-65)44-19-17-42(18-20-44)61-75(71,72)47-21-22-48(49(36-47)74(69,70)55(57,58)59)60-43(37-73-46-11-5-4-6-12-46)23-28-63-29-24-54(2,68)25-30-63/h4-7,9-22,35-36,43,60-61,68H,8,23-34,37H2,1-3H3/t43-/m1/s1. The molecule has 1 amide bonds. The Morgan fingerprint density at radius 3 is 2.07 bits per heavy atom. The topological polar surface area (TPSA) is 148 Å². The summed E-state index contributed by atoms with van der Waals surface area (Å²) in [6.07, 6.45) is 2.54. The van der Waals surface area contributed by atoms with Crippen LogP contribution in [0.5, 0.6) is 0 Å². The number of likely N-dealkylation sites (tertiary alicyclic amines) is 2. The molecule has 3 aliphatic rings. The molecule has 1 aromatic heterocycles. The van der Waals surface area contributed by atoms with Crippen LogP contribution in [0.1, 0.15) is 48.7 Å². The molecule has 3 fully saturated rings. The van der Waals surface area contributed by atoms with Gasteiger partial charge in [-0.1, -0.05) is 54.1 Å². The number of alkyl halides is 3. The summed E-state index contributed by atoms with van der Waals surface area (Å²) in [4.78, 5) is 21.6. The average molecular weight is 1100 g/mol. The number of nitrogens with one attached hydrogen (secondary N) is 2. The summed E-state index contributed by atoms with van der Waals surface area (Å²) in [6.45, 7) is 9.63. The fourth-order valence-corrected chi connectivity index (χ4v) is 13.1. The maximum absolute atomic E-state index is 14.3. The number of sulfone groups is 1. The van der Waals surface area contributed by atoms with Crippen molar-refractivity contribution in [2.45, 2.75) is 71.4 Å². The minimum Gasteiger partial charge on any atom is -0.390 e. The van der Waals surface area contributed by atoms with Gasteiger partial charge in [-0.3, -0.25) is 9.52 Å². The molecule has 3 aliphatic heterocycles. The molecule has 3 N–H and O–H groups in total. The Kier molecular flexibility index (Phi) is 15.9. The molecule has 0 bridgehead atoms. The van der Waals surface area contributed by atoms with Crippen molar-refractivity contribution in [1.29, 1.82) is 0 Å². The SMILES string of the molecule is Cc1c(C(=O)N2CCC2)c(-c2cccc(N3CCN(c4ccc(NS(=O)(=O)c5ccc(N[C@H](CCN6CCC(C)(O)CC6)CSc6ccccc6)c(S(=O)(=O)C(F)(F)F)c5)cc4)CC3)c2)c(-c2ccc(Cl)cc2)n1C. The van der Waals surface area contributed by atoms with E-state index in [2.05, 4.69) is 41.4 Å². The fourth-order valence-electron chi connectivity index (χ4n) is 9.87. The number of thioether (sulfide) groups is 1. The van der Waals surface area contributed by atoms with E-state index in [1.807, 2.05) is 85.6 Å². The van der Waals surface area contributed by atoms with Crippen molar-refractivity contribution in [2.24, 2.45) is 7.05 Å². The number of hydrogen-bond donors (Lipinski definition) is 3. The van der Waals surface area contributed by atoms with E-state index in [9.17, 15) is 39.9 Å². The lowest BCUT2D eigenvalue weighted by Crippen LogP contribution is -2.46. The first kappa shape index (κ1) is 54.1. The fraction of sp³-hybridized carbons (Fsp3) is 0.364. The van der Waals surface area contributed by atoms with Crippen molar-refractivity contribution in [1.82, 2.24) is 14.4 Å². The highest BCUT2D eigenvalue weighted by Crippen LogP contribution is 2.42. The molecule has 13 nitrogen and oxygen atoms in total. The molecule has 0 radical (unpaired) electrons. The van der Waals surface area contributed by atoms with E-state index < -0.39 is 46.8 Å². The number of benzene rings is 5. The number of rotatable bonds is 17. The molecule has 5 aromatic carbocycles. The van der Waals surface area contributed by atoms with Gasteiger partial charge in [0.1, 0.15) is 4.90 Å².